The second-order valence-corrected chi connectivity index (χ2v) is 11.4. The molecule has 0 atom stereocenters. The highest BCUT2D eigenvalue weighted by atomic mass is 79.9. The van der Waals surface area contributed by atoms with Gasteiger partial charge in [0.2, 0.25) is 0 Å². The summed E-state index contributed by atoms with van der Waals surface area (Å²) in [6, 6.07) is 24.4. The molecule has 0 radical (unpaired) electrons. The van der Waals surface area contributed by atoms with Gasteiger partial charge in [-0.25, -0.2) is 4.98 Å². The first kappa shape index (κ1) is 23.8. The van der Waals surface area contributed by atoms with Gasteiger partial charge < -0.3 is 0 Å². The van der Waals surface area contributed by atoms with Crippen LogP contribution in [-0.2, 0) is 0 Å². The minimum absolute atomic E-state index is 0.432. The van der Waals surface area contributed by atoms with E-state index in [2.05, 4.69) is 129 Å². The molecule has 2 heterocycles. The van der Waals surface area contributed by atoms with Crippen molar-refractivity contribution in [1.29, 1.82) is 0 Å². The first-order valence-electron chi connectivity index (χ1n) is 12.6. The van der Waals surface area contributed by atoms with Gasteiger partial charge >= 0.3 is 0 Å². The third-order valence-electron chi connectivity index (χ3n) is 7.03. The molecule has 0 saturated heterocycles. The second-order valence-electron chi connectivity index (χ2n) is 10.5. The van der Waals surface area contributed by atoms with Crippen molar-refractivity contribution < 1.29 is 0 Å². The summed E-state index contributed by atoms with van der Waals surface area (Å²) in [5.74, 6) is 2.32. The molecule has 3 aromatic carbocycles. The zero-order valence-corrected chi connectivity index (χ0v) is 23.0. The average Bonchev–Trinajstić information content (AvgIpc) is 3.16. The lowest BCUT2D eigenvalue weighted by Crippen LogP contribution is -2.04. The predicted molar refractivity (Wildman–Crippen MR) is 154 cm³/mol. The molecule has 0 aliphatic heterocycles. The quantitative estimate of drug-likeness (QED) is 0.223. The lowest BCUT2D eigenvalue weighted by Gasteiger charge is -2.23. The SMILES string of the molecule is CC(C)c1cc(C(C)C)c(-c2ccnc(-n3c4ccccc4c4ccc(Br)cc43)c2)c(C(C)C)c1. The van der Waals surface area contributed by atoms with Crippen molar-refractivity contribution in [3.05, 3.63) is 94.1 Å². The maximum absolute atomic E-state index is 4.88. The molecule has 0 unspecified atom stereocenters. The smallest absolute Gasteiger partial charge is 0.138 e. The van der Waals surface area contributed by atoms with E-state index in [0.717, 1.165) is 15.8 Å². The fourth-order valence-electron chi connectivity index (χ4n) is 5.18. The molecule has 0 aliphatic carbocycles. The minimum Gasteiger partial charge on any atom is -0.294 e. The normalized spacial score (nSPS) is 12.1. The Hall–Kier alpha value is -2.91. The zero-order valence-electron chi connectivity index (χ0n) is 21.4. The van der Waals surface area contributed by atoms with E-state index in [1.165, 1.54) is 44.1 Å². The Morgan fingerprint density at radius 3 is 2.00 bits per heavy atom. The summed E-state index contributed by atoms with van der Waals surface area (Å²) in [6.45, 7) is 13.8. The molecule has 2 nitrogen and oxygen atoms in total. The summed E-state index contributed by atoms with van der Waals surface area (Å²) in [7, 11) is 0. The number of rotatable bonds is 5. The molecule has 0 aliphatic rings. The van der Waals surface area contributed by atoms with E-state index in [9.17, 15) is 0 Å². The number of aromatic nitrogens is 2. The fraction of sp³-hybridized carbons (Fsp3) is 0.281. The Morgan fingerprint density at radius 2 is 1.34 bits per heavy atom. The van der Waals surface area contributed by atoms with E-state index < -0.39 is 0 Å². The first-order valence-corrected chi connectivity index (χ1v) is 13.4. The van der Waals surface area contributed by atoms with E-state index >= 15 is 0 Å². The molecule has 5 rings (SSSR count). The summed E-state index contributed by atoms with van der Waals surface area (Å²) in [5, 5.41) is 2.48. The van der Waals surface area contributed by atoms with Crippen LogP contribution in [-0.4, -0.2) is 9.55 Å². The van der Waals surface area contributed by atoms with Gasteiger partial charge in [0.15, 0.2) is 0 Å². The lowest BCUT2D eigenvalue weighted by atomic mass is 9.82. The van der Waals surface area contributed by atoms with Crippen molar-refractivity contribution >= 4 is 37.7 Å². The highest BCUT2D eigenvalue weighted by Gasteiger charge is 2.20. The molecular formula is C32H33BrN2. The van der Waals surface area contributed by atoms with Crippen LogP contribution in [0.4, 0.5) is 0 Å². The molecule has 0 bridgehead atoms. The van der Waals surface area contributed by atoms with Crippen LogP contribution in [0.1, 0.15) is 76.0 Å². The van der Waals surface area contributed by atoms with E-state index in [-0.39, 0.29) is 0 Å². The molecule has 5 aromatic rings. The van der Waals surface area contributed by atoms with Gasteiger partial charge in [0.1, 0.15) is 5.82 Å². The van der Waals surface area contributed by atoms with E-state index in [4.69, 9.17) is 4.98 Å². The van der Waals surface area contributed by atoms with Crippen molar-refractivity contribution in [1.82, 2.24) is 9.55 Å². The summed E-state index contributed by atoms with van der Waals surface area (Å²) in [6.07, 6.45) is 1.97. The Morgan fingerprint density at radius 1 is 0.686 bits per heavy atom. The summed E-state index contributed by atoms with van der Waals surface area (Å²) >= 11 is 3.68. The Kier molecular flexibility index (Phi) is 6.31. The molecular weight excluding hydrogens is 492 g/mol. The predicted octanol–water partition coefficient (Wildman–Crippen LogP) is 9.98. The van der Waals surface area contributed by atoms with Crippen LogP contribution in [0.5, 0.6) is 0 Å². The van der Waals surface area contributed by atoms with Gasteiger partial charge in [-0.2, -0.15) is 0 Å². The highest BCUT2D eigenvalue weighted by Crippen LogP contribution is 2.40. The average molecular weight is 526 g/mol. The number of fused-ring (bicyclic) bond motifs is 3. The van der Waals surface area contributed by atoms with Crippen LogP contribution in [0.2, 0.25) is 0 Å². The molecule has 0 N–H and O–H groups in total. The van der Waals surface area contributed by atoms with Gasteiger partial charge in [-0.3, -0.25) is 4.57 Å². The van der Waals surface area contributed by atoms with Crippen LogP contribution >= 0.6 is 15.9 Å². The maximum atomic E-state index is 4.88. The van der Waals surface area contributed by atoms with Gasteiger partial charge in [-0.15, -0.1) is 0 Å². The minimum atomic E-state index is 0.432. The van der Waals surface area contributed by atoms with Crippen molar-refractivity contribution in [2.45, 2.75) is 59.3 Å². The van der Waals surface area contributed by atoms with E-state index in [1.54, 1.807) is 0 Å². The van der Waals surface area contributed by atoms with Gasteiger partial charge in [0.25, 0.3) is 0 Å². The van der Waals surface area contributed by atoms with Gasteiger partial charge in [-0.1, -0.05) is 93.9 Å². The van der Waals surface area contributed by atoms with Crippen LogP contribution in [0.3, 0.4) is 0 Å². The van der Waals surface area contributed by atoms with Gasteiger partial charge in [-0.05, 0) is 75.9 Å². The standard InChI is InChI=1S/C32H33BrN2/c1-19(2)23-15-27(20(3)4)32(28(16-23)21(5)6)22-13-14-34-31(17-22)35-29-10-8-7-9-25(29)26-12-11-24(33)18-30(26)35/h7-21H,1-6H3. The maximum Gasteiger partial charge on any atom is 0.138 e. The molecule has 0 spiro atoms. The van der Waals surface area contributed by atoms with Crippen LogP contribution in [0.15, 0.2) is 77.4 Å². The zero-order chi connectivity index (χ0) is 24.9. The molecule has 35 heavy (non-hydrogen) atoms. The van der Waals surface area contributed by atoms with E-state index in [0.29, 0.717) is 17.8 Å². The third kappa shape index (κ3) is 4.21. The second kappa shape index (κ2) is 9.28. The van der Waals surface area contributed by atoms with Crippen molar-refractivity contribution in [3.63, 3.8) is 0 Å². The van der Waals surface area contributed by atoms with Crippen molar-refractivity contribution in [3.8, 4) is 16.9 Å². The first-order chi connectivity index (χ1) is 16.8. The number of hydrogen-bond acceptors (Lipinski definition) is 1. The Balaban J connectivity index is 1.80. The van der Waals surface area contributed by atoms with Crippen LogP contribution < -0.4 is 0 Å². The summed E-state index contributed by atoms with van der Waals surface area (Å²) in [4.78, 5) is 4.88. The molecule has 3 heteroatoms. The topological polar surface area (TPSA) is 17.8 Å². The largest absolute Gasteiger partial charge is 0.294 e. The van der Waals surface area contributed by atoms with Crippen LogP contribution in [0, 0.1) is 0 Å². The lowest BCUT2D eigenvalue weighted by molar-refractivity contribution is 0.807. The summed E-state index contributed by atoms with van der Waals surface area (Å²) in [5.41, 5.74) is 9.19. The summed E-state index contributed by atoms with van der Waals surface area (Å²) < 4.78 is 3.37. The van der Waals surface area contributed by atoms with Crippen molar-refractivity contribution in [2.24, 2.45) is 0 Å². The highest BCUT2D eigenvalue weighted by molar-refractivity contribution is 9.10. The molecule has 0 fully saturated rings. The number of halogens is 1. The van der Waals surface area contributed by atoms with Gasteiger partial charge in [0.05, 0.1) is 11.0 Å². The number of benzene rings is 3. The number of nitrogens with zero attached hydrogens (tertiary/aromatic N) is 2. The molecule has 0 saturated carbocycles. The number of para-hydroxylation sites is 1. The Bertz CT molecular complexity index is 1510. The Labute approximate surface area is 217 Å². The molecule has 0 amide bonds. The van der Waals surface area contributed by atoms with Crippen LogP contribution in [0.25, 0.3) is 38.8 Å². The van der Waals surface area contributed by atoms with Gasteiger partial charge in [0, 0.05) is 21.4 Å². The number of hydrogen-bond donors (Lipinski definition) is 0. The fourth-order valence-corrected chi connectivity index (χ4v) is 5.52. The van der Waals surface area contributed by atoms with Crippen molar-refractivity contribution in [2.75, 3.05) is 0 Å². The monoisotopic (exact) mass is 524 g/mol. The van der Waals surface area contributed by atoms with E-state index in [1.807, 2.05) is 6.20 Å². The third-order valence-corrected chi connectivity index (χ3v) is 7.52. The molecule has 2 aromatic heterocycles. The number of pyridine rings is 1. The molecule has 178 valence electrons.